The average Bonchev–Trinajstić information content (AvgIpc) is 2.60. The molecule has 1 fully saturated rings. The van der Waals surface area contributed by atoms with E-state index in [2.05, 4.69) is 41.8 Å². The first kappa shape index (κ1) is 25.8. The summed E-state index contributed by atoms with van der Waals surface area (Å²) in [5.41, 5.74) is 1.19. The van der Waals surface area contributed by atoms with E-state index in [1.807, 2.05) is 13.0 Å². The third-order valence-electron chi connectivity index (χ3n) is 4.35. The molecule has 1 aliphatic rings. The lowest BCUT2D eigenvalue weighted by Crippen LogP contribution is -2.46. The molecule has 0 aliphatic carbocycles. The van der Waals surface area contributed by atoms with Crippen LogP contribution in [0.1, 0.15) is 40.0 Å². The summed E-state index contributed by atoms with van der Waals surface area (Å²) in [6.45, 7) is 11.6. The van der Waals surface area contributed by atoms with Crippen LogP contribution in [0.3, 0.4) is 0 Å². The third kappa shape index (κ3) is 9.04. The molecule has 0 unspecified atom stereocenters. The molecule has 1 heterocycles. The summed E-state index contributed by atoms with van der Waals surface area (Å²) in [6, 6.07) is 8.30. The van der Waals surface area contributed by atoms with Gasteiger partial charge in [0.25, 0.3) is 0 Å². The molecule has 0 aromatic heterocycles. The highest BCUT2D eigenvalue weighted by Crippen LogP contribution is 2.29. The van der Waals surface area contributed by atoms with Crippen LogP contribution in [0.2, 0.25) is 0 Å². The van der Waals surface area contributed by atoms with E-state index in [-0.39, 0.29) is 36.9 Å². The Morgan fingerprint density at radius 3 is 2.37 bits per heavy atom. The van der Waals surface area contributed by atoms with Gasteiger partial charge in [-0.1, -0.05) is 12.1 Å². The molecule has 0 amide bonds. The minimum atomic E-state index is -0.0749. The number of hydrogen-bond donors (Lipinski definition) is 0. The van der Waals surface area contributed by atoms with Crippen molar-refractivity contribution in [3.8, 4) is 5.75 Å². The minimum absolute atomic E-state index is 0. The van der Waals surface area contributed by atoms with Gasteiger partial charge < -0.3 is 14.4 Å². The van der Waals surface area contributed by atoms with Gasteiger partial charge in [0.1, 0.15) is 5.75 Å². The predicted molar refractivity (Wildman–Crippen MR) is 116 cm³/mol. The van der Waals surface area contributed by atoms with E-state index in [4.69, 9.17) is 9.47 Å². The van der Waals surface area contributed by atoms with Crippen LogP contribution in [0.25, 0.3) is 0 Å². The minimum Gasteiger partial charge on any atom is -0.489 e. The highest BCUT2D eigenvalue weighted by Gasteiger charge is 2.19. The number of hydrogen-bond acceptors (Lipinski definition) is 5. The SMILES string of the molecule is CCOC(=O)CCCCN1CCN(c2ccccc2OC(C)C)CC1.Cl.Cl. The first-order chi connectivity index (χ1) is 12.1. The number of ether oxygens (including phenoxy) is 2. The maximum absolute atomic E-state index is 11.3. The van der Waals surface area contributed by atoms with Gasteiger partial charge in [-0.05, 0) is 52.3 Å². The Bertz CT molecular complexity index is 536. The van der Waals surface area contributed by atoms with E-state index in [9.17, 15) is 4.79 Å². The van der Waals surface area contributed by atoms with Crippen LogP contribution in [-0.2, 0) is 9.53 Å². The molecule has 0 bridgehead atoms. The Balaban J connectivity index is 0.00000338. The lowest BCUT2D eigenvalue weighted by atomic mass is 10.2. The standard InChI is InChI=1S/C20H32N2O3.2ClH/c1-4-24-20(23)11-7-8-12-21-13-15-22(16-14-21)18-9-5-6-10-19(18)25-17(2)3;;/h5-6,9-10,17H,4,7-8,11-16H2,1-3H3;2*1H. The molecule has 1 saturated heterocycles. The molecule has 0 saturated carbocycles. The van der Waals surface area contributed by atoms with E-state index in [0.717, 1.165) is 51.3 Å². The van der Waals surface area contributed by atoms with E-state index in [1.165, 1.54) is 5.69 Å². The summed E-state index contributed by atoms with van der Waals surface area (Å²) in [7, 11) is 0. The van der Waals surface area contributed by atoms with E-state index < -0.39 is 0 Å². The summed E-state index contributed by atoms with van der Waals surface area (Å²) in [4.78, 5) is 16.2. The van der Waals surface area contributed by atoms with Crippen LogP contribution in [-0.4, -0.2) is 56.3 Å². The summed E-state index contributed by atoms with van der Waals surface area (Å²) < 4.78 is 10.9. The summed E-state index contributed by atoms with van der Waals surface area (Å²) in [5.74, 6) is 0.898. The molecule has 156 valence electrons. The van der Waals surface area contributed by atoms with Gasteiger partial charge in [-0.3, -0.25) is 9.69 Å². The van der Waals surface area contributed by atoms with Crippen LogP contribution in [0.4, 0.5) is 5.69 Å². The number of rotatable bonds is 9. The number of piperazine rings is 1. The van der Waals surface area contributed by atoms with Crippen molar-refractivity contribution in [1.29, 1.82) is 0 Å². The van der Waals surface area contributed by atoms with Crippen LogP contribution < -0.4 is 9.64 Å². The van der Waals surface area contributed by atoms with Crippen LogP contribution >= 0.6 is 24.8 Å². The second-order valence-electron chi connectivity index (χ2n) is 6.73. The average molecular weight is 421 g/mol. The zero-order valence-corrected chi connectivity index (χ0v) is 18.3. The number of nitrogens with zero attached hydrogens (tertiary/aromatic N) is 2. The molecule has 27 heavy (non-hydrogen) atoms. The Hall–Kier alpha value is -1.17. The molecule has 5 nitrogen and oxygen atoms in total. The van der Waals surface area contributed by atoms with Crippen molar-refractivity contribution in [3.63, 3.8) is 0 Å². The highest BCUT2D eigenvalue weighted by atomic mass is 35.5. The number of carbonyl (C=O) groups excluding carboxylic acids is 1. The van der Waals surface area contributed by atoms with Gasteiger partial charge in [-0.2, -0.15) is 0 Å². The molecule has 2 rings (SSSR count). The molecule has 1 aromatic carbocycles. The normalized spacial score (nSPS) is 14.3. The Morgan fingerprint density at radius 1 is 1.07 bits per heavy atom. The second kappa shape index (κ2) is 13.9. The van der Waals surface area contributed by atoms with Gasteiger partial charge in [0.2, 0.25) is 0 Å². The molecule has 1 aromatic rings. The maximum atomic E-state index is 11.3. The first-order valence-electron chi connectivity index (χ1n) is 9.48. The molecule has 0 N–H and O–H groups in total. The van der Waals surface area contributed by atoms with Crippen LogP contribution in [0.15, 0.2) is 24.3 Å². The van der Waals surface area contributed by atoms with Crippen molar-refractivity contribution < 1.29 is 14.3 Å². The number of anilines is 1. The van der Waals surface area contributed by atoms with E-state index in [0.29, 0.717) is 13.0 Å². The molecule has 0 radical (unpaired) electrons. The van der Waals surface area contributed by atoms with Crippen LogP contribution in [0.5, 0.6) is 5.75 Å². The van der Waals surface area contributed by atoms with Gasteiger partial charge in [-0.15, -0.1) is 24.8 Å². The lowest BCUT2D eigenvalue weighted by molar-refractivity contribution is -0.143. The van der Waals surface area contributed by atoms with Gasteiger partial charge in [0.05, 0.1) is 18.4 Å². The van der Waals surface area contributed by atoms with Gasteiger partial charge in [0.15, 0.2) is 0 Å². The van der Waals surface area contributed by atoms with Gasteiger partial charge in [-0.25, -0.2) is 0 Å². The smallest absolute Gasteiger partial charge is 0.305 e. The Morgan fingerprint density at radius 2 is 1.74 bits per heavy atom. The summed E-state index contributed by atoms with van der Waals surface area (Å²) >= 11 is 0. The molecule has 0 spiro atoms. The molecular formula is C20H34Cl2N2O3. The monoisotopic (exact) mass is 420 g/mol. The number of esters is 1. The van der Waals surface area contributed by atoms with Crippen molar-refractivity contribution in [2.75, 3.05) is 44.2 Å². The number of para-hydroxylation sites is 2. The fraction of sp³-hybridized carbons (Fsp3) is 0.650. The fourth-order valence-corrected chi connectivity index (χ4v) is 3.12. The van der Waals surface area contributed by atoms with E-state index >= 15 is 0 Å². The number of carbonyl (C=O) groups is 1. The lowest BCUT2D eigenvalue weighted by Gasteiger charge is -2.37. The van der Waals surface area contributed by atoms with E-state index in [1.54, 1.807) is 0 Å². The summed E-state index contributed by atoms with van der Waals surface area (Å²) in [5, 5.41) is 0. The quantitative estimate of drug-likeness (QED) is 0.442. The zero-order chi connectivity index (χ0) is 18.1. The van der Waals surface area contributed by atoms with Gasteiger partial charge >= 0.3 is 5.97 Å². The number of unbranched alkanes of at least 4 members (excludes halogenated alkanes) is 1. The first-order valence-corrected chi connectivity index (χ1v) is 9.48. The largest absolute Gasteiger partial charge is 0.489 e. The molecule has 7 heteroatoms. The molecule has 0 atom stereocenters. The number of benzene rings is 1. The Kier molecular flexibility index (Phi) is 13.3. The Labute approximate surface area is 176 Å². The predicted octanol–water partition coefficient (Wildman–Crippen LogP) is 4.17. The van der Waals surface area contributed by atoms with Crippen molar-refractivity contribution >= 4 is 36.5 Å². The third-order valence-corrected chi connectivity index (χ3v) is 4.35. The number of halogens is 2. The van der Waals surface area contributed by atoms with Gasteiger partial charge in [0, 0.05) is 32.6 Å². The zero-order valence-electron chi connectivity index (χ0n) is 16.7. The highest BCUT2D eigenvalue weighted by molar-refractivity contribution is 5.85. The van der Waals surface area contributed by atoms with Crippen molar-refractivity contribution in [2.45, 2.75) is 46.1 Å². The molecular weight excluding hydrogens is 387 g/mol. The fourth-order valence-electron chi connectivity index (χ4n) is 3.12. The molecule has 1 aliphatic heterocycles. The summed E-state index contributed by atoms with van der Waals surface area (Å²) in [6.07, 6.45) is 2.67. The van der Waals surface area contributed by atoms with Crippen LogP contribution in [0, 0.1) is 0 Å². The second-order valence-corrected chi connectivity index (χ2v) is 6.73. The maximum Gasteiger partial charge on any atom is 0.305 e. The van der Waals surface area contributed by atoms with Crippen molar-refractivity contribution in [1.82, 2.24) is 4.90 Å². The van der Waals surface area contributed by atoms with Crippen molar-refractivity contribution in [2.24, 2.45) is 0 Å². The van der Waals surface area contributed by atoms with Crippen molar-refractivity contribution in [3.05, 3.63) is 24.3 Å². The topological polar surface area (TPSA) is 42.0 Å².